The Hall–Kier alpha value is -3.45. The molecule has 0 bridgehead atoms. The van der Waals surface area contributed by atoms with Gasteiger partial charge in [0.15, 0.2) is 11.5 Å². The normalized spacial score (nSPS) is 15.2. The minimum atomic E-state index is -0.0615. The highest BCUT2D eigenvalue weighted by Crippen LogP contribution is 2.32. The maximum Gasteiger partial charge on any atom is 0.238 e. The molecule has 1 aliphatic rings. The van der Waals surface area contributed by atoms with Crippen LogP contribution >= 0.6 is 0 Å². The van der Waals surface area contributed by atoms with E-state index in [1.54, 1.807) is 18.6 Å². The van der Waals surface area contributed by atoms with Gasteiger partial charge < -0.3 is 14.8 Å². The van der Waals surface area contributed by atoms with Crippen molar-refractivity contribution in [3.63, 3.8) is 0 Å². The van der Waals surface area contributed by atoms with Gasteiger partial charge >= 0.3 is 0 Å². The first-order valence-corrected chi connectivity index (χ1v) is 11.4. The van der Waals surface area contributed by atoms with Crippen LogP contribution in [0.5, 0.6) is 17.4 Å². The van der Waals surface area contributed by atoms with Crippen molar-refractivity contribution in [2.45, 2.75) is 39.2 Å². The minimum Gasteiger partial charge on any atom is -0.490 e. The van der Waals surface area contributed by atoms with E-state index < -0.39 is 0 Å². The van der Waals surface area contributed by atoms with Gasteiger partial charge in [0.05, 0.1) is 25.0 Å². The Bertz CT molecular complexity index is 1070. The molecule has 0 atom stereocenters. The van der Waals surface area contributed by atoms with Crippen LogP contribution < -0.4 is 14.8 Å². The van der Waals surface area contributed by atoms with Gasteiger partial charge in [-0.15, -0.1) is 0 Å². The first-order valence-electron chi connectivity index (χ1n) is 11.4. The molecular formula is C26H30N4O3. The summed E-state index contributed by atoms with van der Waals surface area (Å²) in [5, 5.41) is 2.97. The van der Waals surface area contributed by atoms with Crippen LogP contribution in [0.25, 0.3) is 0 Å². The van der Waals surface area contributed by atoms with Crippen LogP contribution in [0.1, 0.15) is 36.8 Å². The third kappa shape index (κ3) is 6.76. The first kappa shape index (κ1) is 22.7. The van der Waals surface area contributed by atoms with Crippen molar-refractivity contribution in [3.8, 4) is 17.4 Å². The fourth-order valence-electron chi connectivity index (χ4n) is 3.85. The lowest BCUT2D eigenvalue weighted by molar-refractivity contribution is -0.117. The van der Waals surface area contributed by atoms with Crippen LogP contribution in [0.4, 0.5) is 5.69 Å². The van der Waals surface area contributed by atoms with Gasteiger partial charge in [-0.25, -0.2) is 4.98 Å². The van der Waals surface area contributed by atoms with E-state index in [-0.39, 0.29) is 12.5 Å². The number of nitrogens with one attached hydrogen (secondary N) is 1. The Labute approximate surface area is 194 Å². The van der Waals surface area contributed by atoms with Gasteiger partial charge in [-0.3, -0.25) is 14.7 Å². The lowest BCUT2D eigenvalue weighted by atomic mass is 10.1. The van der Waals surface area contributed by atoms with Gasteiger partial charge in [-0.2, -0.15) is 0 Å². The first-order chi connectivity index (χ1) is 16.2. The molecule has 0 saturated carbocycles. The lowest BCUT2D eigenvalue weighted by Gasteiger charge is -2.23. The van der Waals surface area contributed by atoms with E-state index in [4.69, 9.17) is 9.47 Å². The number of hydrogen-bond donors (Lipinski definition) is 1. The minimum absolute atomic E-state index is 0.0615. The summed E-state index contributed by atoms with van der Waals surface area (Å²) in [5.74, 6) is 1.83. The van der Waals surface area contributed by atoms with Gasteiger partial charge in [0.25, 0.3) is 0 Å². The second-order valence-electron chi connectivity index (χ2n) is 8.29. The third-order valence-corrected chi connectivity index (χ3v) is 5.45. The molecule has 7 nitrogen and oxygen atoms in total. The molecule has 1 aliphatic heterocycles. The second-order valence-corrected chi connectivity index (χ2v) is 8.29. The van der Waals surface area contributed by atoms with Crippen molar-refractivity contribution >= 4 is 11.6 Å². The number of carbonyl (C=O) groups is 1. The van der Waals surface area contributed by atoms with Crippen molar-refractivity contribution in [1.82, 2.24) is 14.9 Å². The molecule has 0 spiro atoms. The van der Waals surface area contributed by atoms with E-state index in [1.807, 2.05) is 49.4 Å². The van der Waals surface area contributed by atoms with Gasteiger partial charge in [0.2, 0.25) is 11.8 Å². The monoisotopic (exact) mass is 446 g/mol. The summed E-state index contributed by atoms with van der Waals surface area (Å²) < 4.78 is 12.1. The Kier molecular flexibility index (Phi) is 7.87. The Morgan fingerprint density at radius 3 is 2.79 bits per heavy atom. The quantitative estimate of drug-likeness (QED) is 0.612. The van der Waals surface area contributed by atoms with Crippen molar-refractivity contribution in [3.05, 3.63) is 72.2 Å². The summed E-state index contributed by atoms with van der Waals surface area (Å²) >= 11 is 0. The topological polar surface area (TPSA) is 76.6 Å². The summed E-state index contributed by atoms with van der Waals surface area (Å²) in [4.78, 5) is 23.6. The number of anilines is 1. The van der Waals surface area contributed by atoms with Crippen molar-refractivity contribution < 1.29 is 14.3 Å². The largest absolute Gasteiger partial charge is 0.490 e. The zero-order chi connectivity index (χ0) is 22.9. The molecule has 1 N–H and O–H groups in total. The molecule has 0 saturated heterocycles. The maximum atomic E-state index is 12.8. The Morgan fingerprint density at radius 2 is 1.91 bits per heavy atom. The van der Waals surface area contributed by atoms with Gasteiger partial charge in [0.1, 0.15) is 0 Å². The zero-order valence-electron chi connectivity index (χ0n) is 19.0. The lowest BCUT2D eigenvalue weighted by Crippen LogP contribution is -2.34. The number of hydrogen-bond acceptors (Lipinski definition) is 6. The average molecular weight is 447 g/mol. The molecule has 0 fully saturated rings. The highest BCUT2D eigenvalue weighted by molar-refractivity contribution is 5.92. The highest BCUT2D eigenvalue weighted by Gasteiger charge is 2.17. The van der Waals surface area contributed by atoms with E-state index >= 15 is 0 Å². The molecule has 172 valence electrons. The number of rotatable bonds is 3. The second kappa shape index (κ2) is 11.4. The number of aryl methyl sites for hydroxylation is 1. The number of carbonyl (C=O) groups excluding carboxylic acids is 1. The predicted octanol–water partition coefficient (Wildman–Crippen LogP) is 4.97. The standard InChI is InChI=1S/C26H30N4O3/c1-20-15-22(17-27-16-20)29-25(31)19-30-13-6-2-3-7-14-32-23-10-4-5-11-24(23)33-26-21(18-30)9-8-12-28-26/h4-5,8-12,15-17H,2-3,6-7,13-14,18-19H2,1H3,(H,29,31). The SMILES string of the molecule is Cc1cncc(NC(=O)CN2CCCCCCOc3ccccc3Oc3ncccc3C2)c1. The molecule has 3 heterocycles. The Morgan fingerprint density at radius 1 is 1.06 bits per heavy atom. The summed E-state index contributed by atoms with van der Waals surface area (Å²) in [7, 11) is 0. The summed E-state index contributed by atoms with van der Waals surface area (Å²) in [6, 6.07) is 13.5. The van der Waals surface area contributed by atoms with Crippen molar-refractivity contribution in [2.75, 3.05) is 25.0 Å². The van der Waals surface area contributed by atoms with E-state index in [0.717, 1.165) is 43.4 Å². The fourth-order valence-corrected chi connectivity index (χ4v) is 3.85. The predicted molar refractivity (Wildman–Crippen MR) is 128 cm³/mol. The highest BCUT2D eigenvalue weighted by atomic mass is 16.5. The summed E-state index contributed by atoms with van der Waals surface area (Å²) in [6.45, 7) is 4.25. The number of aromatic nitrogens is 2. The maximum absolute atomic E-state index is 12.8. The molecule has 3 aromatic rings. The van der Waals surface area contributed by atoms with Gasteiger partial charge in [-0.05, 0) is 56.1 Å². The Balaban J connectivity index is 1.52. The smallest absolute Gasteiger partial charge is 0.238 e. The van der Waals surface area contributed by atoms with Crippen LogP contribution in [0.3, 0.4) is 0 Å². The van der Waals surface area contributed by atoms with Crippen LogP contribution in [0, 0.1) is 6.92 Å². The molecule has 1 amide bonds. The molecule has 4 rings (SSSR count). The summed E-state index contributed by atoms with van der Waals surface area (Å²) in [6.07, 6.45) is 9.30. The molecule has 33 heavy (non-hydrogen) atoms. The van der Waals surface area contributed by atoms with Crippen molar-refractivity contribution in [1.29, 1.82) is 0 Å². The van der Waals surface area contributed by atoms with Crippen LogP contribution in [0.15, 0.2) is 61.1 Å². The summed E-state index contributed by atoms with van der Waals surface area (Å²) in [5.41, 5.74) is 2.64. The average Bonchev–Trinajstić information content (AvgIpc) is 2.80. The molecule has 2 aromatic heterocycles. The molecule has 1 aromatic carbocycles. The van der Waals surface area contributed by atoms with E-state index in [1.165, 1.54) is 0 Å². The van der Waals surface area contributed by atoms with E-state index in [9.17, 15) is 4.79 Å². The molecule has 0 unspecified atom stereocenters. The molecule has 0 radical (unpaired) electrons. The number of nitrogens with zero attached hydrogens (tertiary/aromatic N) is 3. The number of benzene rings is 1. The van der Waals surface area contributed by atoms with Crippen LogP contribution in [0.2, 0.25) is 0 Å². The van der Waals surface area contributed by atoms with Gasteiger partial charge in [0, 0.05) is 24.5 Å². The molecule has 7 heteroatoms. The number of pyridine rings is 2. The van der Waals surface area contributed by atoms with E-state index in [2.05, 4.69) is 20.2 Å². The molecular weight excluding hydrogens is 416 g/mol. The van der Waals surface area contributed by atoms with Crippen LogP contribution in [-0.4, -0.2) is 40.5 Å². The number of fused-ring (bicyclic) bond motifs is 2. The fraction of sp³-hybridized carbons (Fsp3) is 0.346. The van der Waals surface area contributed by atoms with Crippen LogP contribution in [-0.2, 0) is 11.3 Å². The van der Waals surface area contributed by atoms with Gasteiger partial charge in [-0.1, -0.05) is 31.0 Å². The zero-order valence-corrected chi connectivity index (χ0v) is 19.0. The third-order valence-electron chi connectivity index (χ3n) is 5.45. The molecule has 0 aliphatic carbocycles. The number of para-hydroxylation sites is 2. The van der Waals surface area contributed by atoms with Crippen molar-refractivity contribution in [2.24, 2.45) is 0 Å². The number of ether oxygens (including phenoxy) is 2. The number of amides is 1. The van der Waals surface area contributed by atoms with E-state index in [0.29, 0.717) is 36.2 Å².